The van der Waals surface area contributed by atoms with Crippen molar-refractivity contribution in [2.24, 2.45) is 0 Å². The number of halogens is 2. The van der Waals surface area contributed by atoms with Crippen molar-refractivity contribution in [2.45, 2.75) is 56.0 Å². The number of rotatable bonds is 2. The Morgan fingerprint density at radius 1 is 0.759 bits per heavy atom. The Labute approximate surface area is 195 Å². The van der Waals surface area contributed by atoms with Gasteiger partial charge < -0.3 is 24.8 Å². The summed E-state index contributed by atoms with van der Waals surface area (Å²) < 4.78 is 4.60. The third-order valence-electron chi connectivity index (χ3n) is 6.94. The SMILES string of the molecule is CC1=CC[C]([Zr+2](=[C]2CCCCC2)[CH]2c3ccccc3-c3ccccc32)=C1C.[Cl-].[Cl-]. The Bertz CT molecular complexity index is 959. The van der Waals surface area contributed by atoms with Crippen molar-refractivity contribution in [3.8, 4) is 11.1 Å². The van der Waals surface area contributed by atoms with E-state index >= 15 is 0 Å². The first kappa shape index (κ1) is 22.9. The van der Waals surface area contributed by atoms with E-state index in [0.717, 1.165) is 0 Å². The Hall–Kier alpha value is -0.747. The summed E-state index contributed by atoms with van der Waals surface area (Å²) in [6.07, 6.45) is 10.8. The van der Waals surface area contributed by atoms with Gasteiger partial charge in [-0.05, 0) is 0 Å². The molecule has 0 unspecified atom stereocenters. The van der Waals surface area contributed by atoms with E-state index in [1.54, 1.807) is 22.3 Å². The predicted molar refractivity (Wildman–Crippen MR) is 113 cm³/mol. The Balaban J connectivity index is 0.00000120. The van der Waals surface area contributed by atoms with Gasteiger partial charge in [-0.3, -0.25) is 0 Å². The molecule has 0 atom stereocenters. The zero-order valence-corrected chi connectivity index (χ0v) is 21.2. The fourth-order valence-electron chi connectivity index (χ4n) is 5.42. The van der Waals surface area contributed by atoms with Crippen molar-refractivity contribution in [1.29, 1.82) is 0 Å². The van der Waals surface area contributed by atoms with Crippen LogP contribution < -0.4 is 24.8 Å². The van der Waals surface area contributed by atoms with E-state index < -0.39 is 21.3 Å². The molecule has 0 aliphatic heterocycles. The van der Waals surface area contributed by atoms with Gasteiger partial charge in [0.05, 0.1) is 0 Å². The number of hydrogen-bond acceptors (Lipinski definition) is 0. The zero-order chi connectivity index (χ0) is 18.4. The minimum Gasteiger partial charge on any atom is -1.00 e. The van der Waals surface area contributed by atoms with Gasteiger partial charge in [-0.1, -0.05) is 0 Å². The average Bonchev–Trinajstić information content (AvgIpc) is 3.22. The number of fused-ring (bicyclic) bond motifs is 3. The molecular formula is C26H28Cl2Zr. The topological polar surface area (TPSA) is 0 Å². The molecule has 29 heavy (non-hydrogen) atoms. The maximum absolute atomic E-state index is 2.50. The second kappa shape index (κ2) is 9.59. The standard InChI is InChI=1S/C13H9.C7H9.C6H10.2ClH.Zr/c1-3-7-12-10(5-1)9-11-6-2-4-8-13(11)12;1-6-4-3-5-7(6)2;1-2-4-6-5-3-1;;;/h1-9H;4H,3H2,1-2H3;1-5H2;2*1H;/q;;;;;+2/p-2. The fourth-order valence-corrected chi connectivity index (χ4v) is 15.6. The number of benzene rings is 2. The maximum Gasteiger partial charge on any atom is -1.00 e. The van der Waals surface area contributed by atoms with E-state index in [1.807, 2.05) is 6.49 Å². The van der Waals surface area contributed by atoms with Gasteiger partial charge in [0.1, 0.15) is 0 Å². The van der Waals surface area contributed by atoms with E-state index in [-0.39, 0.29) is 24.8 Å². The maximum atomic E-state index is 2.50. The minimum absolute atomic E-state index is 0. The Morgan fingerprint density at radius 3 is 1.83 bits per heavy atom. The normalized spacial score (nSPS) is 17.6. The van der Waals surface area contributed by atoms with E-state index in [0.29, 0.717) is 3.63 Å². The smallest absolute Gasteiger partial charge is 1.00 e. The molecule has 0 aromatic heterocycles. The van der Waals surface area contributed by atoms with Crippen molar-refractivity contribution in [1.82, 2.24) is 0 Å². The van der Waals surface area contributed by atoms with Crippen LogP contribution in [0.15, 0.2) is 69.0 Å². The molecule has 3 aliphatic carbocycles. The van der Waals surface area contributed by atoms with E-state index in [9.17, 15) is 0 Å². The van der Waals surface area contributed by atoms with Crippen LogP contribution in [0.3, 0.4) is 0 Å². The molecule has 0 amide bonds. The van der Waals surface area contributed by atoms with Gasteiger partial charge in [-0.2, -0.15) is 0 Å². The third-order valence-corrected chi connectivity index (χ3v) is 16.0. The third kappa shape index (κ3) is 3.96. The summed E-state index contributed by atoms with van der Waals surface area (Å²) in [5.41, 5.74) is 9.47. The zero-order valence-electron chi connectivity index (χ0n) is 17.3. The van der Waals surface area contributed by atoms with Crippen molar-refractivity contribution in [2.75, 3.05) is 0 Å². The molecule has 0 N–H and O–H groups in total. The van der Waals surface area contributed by atoms with Crippen LogP contribution in [0.25, 0.3) is 11.1 Å². The molecule has 0 radical (unpaired) electrons. The van der Waals surface area contributed by atoms with Crippen LogP contribution >= 0.6 is 0 Å². The minimum atomic E-state index is -2.00. The summed E-state index contributed by atoms with van der Waals surface area (Å²) in [4.78, 5) is 0. The van der Waals surface area contributed by atoms with Gasteiger partial charge >= 0.3 is 172 Å². The molecule has 0 nitrogen and oxygen atoms in total. The first-order valence-corrected chi connectivity index (χ1v) is 14.4. The van der Waals surface area contributed by atoms with Crippen LogP contribution in [0.4, 0.5) is 0 Å². The molecule has 2 aromatic rings. The molecule has 0 bridgehead atoms. The molecule has 150 valence electrons. The summed E-state index contributed by atoms with van der Waals surface area (Å²) in [5.74, 6) is 0. The van der Waals surface area contributed by atoms with Gasteiger partial charge in [0.25, 0.3) is 0 Å². The average molecular weight is 503 g/mol. The predicted octanol–water partition coefficient (Wildman–Crippen LogP) is 1.14. The van der Waals surface area contributed by atoms with Gasteiger partial charge in [-0.25, -0.2) is 0 Å². The van der Waals surface area contributed by atoms with Crippen LogP contribution in [0.2, 0.25) is 0 Å². The monoisotopic (exact) mass is 500 g/mol. The summed E-state index contributed by atoms with van der Waals surface area (Å²) in [5, 5.41) is 0. The van der Waals surface area contributed by atoms with Crippen LogP contribution in [-0.4, -0.2) is 3.21 Å². The molecule has 0 spiro atoms. The molecule has 0 heterocycles. The van der Waals surface area contributed by atoms with Gasteiger partial charge in [0, 0.05) is 0 Å². The van der Waals surface area contributed by atoms with E-state index in [4.69, 9.17) is 0 Å². The van der Waals surface area contributed by atoms with Crippen LogP contribution in [0.5, 0.6) is 0 Å². The van der Waals surface area contributed by atoms with Crippen LogP contribution in [0.1, 0.15) is 67.1 Å². The van der Waals surface area contributed by atoms with Crippen molar-refractivity contribution in [3.63, 3.8) is 0 Å². The van der Waals surface area contributed by atoms with Crippen LogP contribution in [-0.2, 0) is 21.3 Å². The van der Waals surface area contributed by atoms with Crippen molar-refractivity contribution < 1.29 is 46.1 Å². The van der Waals surface area contributed by atoms with E-state index in [2.05, 4.69) is 68.5 Å². The first-order chi connectivity index (χ1) is 13.3. The first-order valence-electron chi connectivity index (χ1n) is 10.5. The molecule has 3 aliphatic rings. The summed E-state index contributed by atoms with van der Waals surface area (Å²) in [7, 11) is 0. The number of allylic oxidation sites excluding steroid dienone is 4. The summed E-state index contributed by atoms with van der Waals surface area (Å²) >= 11 is -2.00. The van der Waals surface area contributed by atoms with Crippen molar-refractivity contribution in [3.05, 3.63) is 80.2 Å². The fraction of sp³-hybridized carbons (Fsp3) is 0.346. The van der Waals surface area contributed by atoms with Gasteiger partial charge in [0.15, 0.2) is 0 Å². The van der Waals surface area contributed by atoms with Crippen molar-refractivity contribution >= 4 is 3.21 Å². The Kier molecular flexibility index (Phi) is 7.58. The second-order valence-electron chi connectivity index (χ2n) is 8.38. The molecule has 1 fully saturated rings. The summed E-state index contributed by atoms with van der Waals surface area (Å²) in [6.45, 7) is 4.73. The summed E-state index contributed by atoms with van der Waals surface area (Å²) in [6, 6.07) is 18.6. The van der Waals surface area contributed by atoms with Gasteiger partial charge in [0.2, 0.25) is 0 Å². The molecule has 3 heteroatoms. The molecule has 0 saturated heterocycles. The van der Waals surface area contributed by atoms with E-state index in [1.165, 1.54) is 49.7 Å². The van der Waals surface area contributed by atoms with Crippen LogP contribution in [0, 0.1) is 0 Å². The second-order valence-corrected chi connectivity index (χ2v) is 15.1. The number of hydrogen-bond donors (Lipinski definition) is 0. The van der Waals surface area contributed by atoms with Gasteiger partial charge in [-0.15, -0.1) is 0 Å². The molecule has 1 saturated carbocycles. The largest absolute Gasteiger partial charge is 1.00 e. The quantitative estimate of drug-likeness (QED) is 0.578. The molecule has 2 aromatic carbocycles. The molecule has 5 rings (SSSR count). The Morgan fingerprint density at radius 2 is 1.31 bits per heavy atom. The molecular weight excluding hydrogens is 474 g/mol.